The maximum Gasteiger partial charge on any atom is 0.118 e. The largest absolute Gasteiger partial charge is 0.465 e. The summed E-state index contributed by atoms with van der Waals surface area (Å²) in [5.74, 6) is 2.03. The molecule has 0 bridgehead atoms. The first kappa shape index (κ1) is 15.3. The van der Waals surface area contributed by atoms with Crippen LogP contribution in [-0.2, 0) is 6.54 Å². The molecule has 0 radical (unpaired) electrons. The zero-order chi connectivity index (χ0) is 13.8. The molecule has 1 N–H and O–H groups in total. The van der Waals surface area contributed by atoms with Crippen molar-refractivity contribution in [3.05, 3.63) is 23.7 Å². The number of nitrogens with one attached hydrogen (secondary N) is 1. The molecule has 0 aliphatic carbocycles. The van der Waals surface area contributed by atoms with Gasteiger partial charge in [0.25, 0.3) is 0 Å². The molecule has 104 valence electrons. The molecule has 1 heterocycles. The second-order valence-corrected chi connectivity index (χ2v) is 5.95. The summed E-state index contributed by atoms with van der Waals surface area (Å²) >= 11 is 0. The van der Waals surface area contributed by atoms with Crippen molar-refractivity contribution < 1.29 is 4.42 Å². The van der Waals surface area contributed by atoms with Crippen LogP contribution in [0.4, 0.5) is 0 Å². The maximum absolute atomic E-state index is 5.62. The smallest absolute Gasteiger partial charge is 0.118 e. The summed E-state index contributed by atoms with van der Waals surface area (Å²) in [6, 6.07) is 4.59. The molecule has 0 spiro atoms. The van der Waals surface area contributed by atoms with E-state index in [4.69, 9.17) is 4.42 Å². The second-order valence-electron chi connectivity index (χ2n) is 5.95. The van der Waals surface area contributed by atoms with Crippen molar-refractivity contribution in [2.24, 2.45) is 5.41 Å². The molecule has 1 aromatic rings. The fourth-order valence-corrected chi connectivity index (χ4v) is 2.31. The monoisotopic (exact) mass is 252 g/mol. The summed E-state index contributed by atoms with van der Waals surface area (Å²) in [7, 11) is 2.15. The number of hydrogen-bond acceptors (Lipinski definition) is 3. The molecule has 1 atom stereocenters. The average Bonchev–Trinajstić information content (AvgIpc) is 2.63. The van der Waals surface area contributed by atoms with Gasteiger partial charge in [-0.3, -0.25) is 4.90 Å². The fourth-order valence-electron chi connectivity index (χ4n) is 2.31. The molecule has 0 amide bonds. The highest BCUT2D eigenvalue weighted by molar-refractivity contribution is 5.05. The fraction of sp³-hybridized carbons (Fsp3) is 0.733. The lowest BCUT2D eigenvalue weighted by atomic mass is 9.85. The van der Waals surface area contributed by atoms with Gasteiger partial charge in [-0.25, -0.2) is 0 Å². The Morgan fingerprint density at radius 1 is 1.39 bits per heavy atom. The third kappa shape index (κ3) is 4.46. The summed E-state index contributed by atoms with van der Waals surface area (Å²) in [4.78, 5) is 2.33. The van der Waals surface area contributed by atoms with Gasteiger partial charge in [0, 0.05) is 12.6 Å². The van der Waals surface area contributed by atoms with Gasteiger partial charge in [-0.15, -0.1) is 0 Å². The van der Waals surface area contributed by atoms with Crippen LogP contribution in [0, 0.1) is 12.3 Å². The lowest BCUT2D eigenvalue weighted by Crippen LogP contribution is -2.45. The Bertz CT molecular complexity index is 357. The van der Waals surface area contributed by atoms with Gasteiger partial charge in [-0.1, -0.05) is 20.8 Å². The molecule has 3 heteroatoms. The van der Waals surface area contributed by atoms with E-state index in [-0.39, 0.29) is 5.41 Å². The lowest BCUT2D eigenvalue weighted by molar-refractivity contribution is 0.154. The molecule has 1 rings (SSSR count). The van der Waals surface area contributed by atoms with E-state index in [9.17, 15) is 0 Å². The Balaban J connectivity index is 2.50. The van der Waals surface area contributed by atoms with E-state index >= 15 is 0 Å². The molecule has 18 heavy (non-hydrogen) atoms. The van der Waals surface area contributed by atoms with Crippen LogP contribution in [0.1, 0.15) is 39.2 Å². The first-order valence-corrected chi connectivity index (χ1v) is 6.82. The molecule has 3 nitrogen and oxygen atoms in total. The van der Waals surface area contributed by atoms with E-state index in [0.29, 0.717) is 6.04 Å². The quantitative estimate of drug-likeness (QED) is 0.808. The van der Waals surface area contributed by atoms with Gasteiger partial charge in [0.1, 0.15) is 11.5 Å². The zero-order valence-corrected chi connectivity index (χ0v) is 12.7. The predicted molar refractivity (Wildman–Crippen MR) is 76.7 cm³/mol. The highest BCUT2D eigenvalue weighted by atomic mass is 16.3. The SMILES string of the molecule is CCNC(C)C(C)(C)CN(C)Cc1ccc(C)o1. The first-order valence-electron chi connectivity index (χ1n) is 6.82. The minimum absolute atomic E-state index is 0.242. The van der Waals surface area contributed by atoms with E-state index < -0.39 is 0 Å². The van der Waals surface area contributed by atoms with Crippen LogP contribution >= 0.6 is 0 Å². The summed E-state index contributed by atoms with van der Waals surface area (Å²) in [6.07, 6.45) is 0. The van der Waals surface area contributed by atoms with E-state index in [2.05, 4.69) is 51.0 Å². The number of rotatable bonds is 7. The zero-order valence-electron chi connectivity index (χ0n) is 12.7. The Morgan fingerprint density at radius 3 is 2.56 bits per heavy atom. The molecule has 0 aliphatic heterocycles. The predicted octanol–water partition coefficient (Wildman–Crippen LogP) is 3.04. The molecule has 0 aliphatic rings. The van der Waals surface area contributed by atoms with Crippen LogP contribution < -0.4 is 5.32 Å². The van der Waals surface area contributed by atoms with E-state index in [1.807, 2.05) is 13.0 Å². The van der Waals surface area contributed by atoms with Crippen LogP contribution in [0.5, 0.6) is 0 Å². The van der Waals surface area contributed by atoms with Crippen LogP contribution in [-0.4, -0.2) is 31.1 Å². The van der Waals surface area contributed by atoms with Crippen molar-refractivity contribution in [3.63, 3.8) is 0 Å². The molecular formula is C15H28N2O. The van der Waals surface area contributed by atoms with Crippen molar-refractivity contribution in [1.82, 2.24) is 10.2 Å². The summed E-state index contributed by atoms with van der Waals surface area (Å²) in [6.45, 7) is 14.0. The Labute approximate surface area is 112 Å². The van der Waals surface area contributed by atoms with Crippen LogP contribution in [0.3, 0.4) is 0 Å². The van der Waals surface area contributed by atoms with Gasteiger partial charge < -0.3 is 9.73 Å². The van der Waals surface area contributed by atoms with Gasteiger partial charge in [-0.2, -0.15) is 0 Å². The van der Waals surface area contributed by atoms with Crippen molar-refractivity contribution in [1.29, 1.82) is 0 Å². The Morgan fingerprint density at radius 2 is 2.06 bits per heavy atom. The van der Waals surface area contributed by atoms with E-state index in [1.54, 1.807) is 0 Å². The van der Waals surface area contributed by atoms with Crippen molar-refractivity contribution in [2.75, 3.05) is 20.1 Å². The summed E-state index contributed by atoms with van der Waals surface area (Å²) < 4.78 is 5.62. The van der Waals surface area contributed by atoms with Gasteiger partial charge in [0.15, 0.2) is 0 Å². The molecular weight excluding hydrogens is 224 g/mol. The highest BCUT2D eigenvalue weighted by Crippen LogP contribution is 2.22. The van der Waals surface area contributed by atoms with Crippen LogP contribution in [0.25, 0.3) is 0 Å². The van der Waals surface area contributed by atoms with Gasteiger partial charge in [0.05, 0.1) is 6.54 Å². The molecule has 0 saturated heterocycles. The lowest BCUT2D eigenvalue weighted by Gasteiger charge is -2.35. The van der Waals surface area contributed by atoms with E-state index in [1.165, 1.54) is 0 Å². The summed E-state index contributed by atoms with van der Waals surface area (Å²) in [5.41, 5.74) is 0.242. The normalized spacial score (nSPS) is 14.2. The van der Waals surface area contributed by atoms with Crippen molar-refractivity contribution >= 4 is 0 Å². The van der Waals surface area contributed by atoms with Gasteiger partial charge in [-0.05, 0) is 45.0 Å². The number of nitrogens with zero attached hydrogens (tertiary/aromatic N) is 1. The number of furan rings is 1. The third-order valence-electron chi connectivity index (χ3n) is 3.58. The van der Waals surface area contributed by atoms with Crippen LogP contribution in [0.15, 0.2) is 16.5 Å². The Hall–Kier alpha value is -0.800. The van der Waals surface area contributed by atoms with Crippen molar-refractivity contribution in [2.45, 2.75) is 47.2 Å². The van der Waals surface area contributed by atoms with Crippen molar-refractivity contribution in [3.8, 4) is 0 Å². The second kappa shape index (κ2) is 6.39. The van der Waals surface area contributed by atoms with Gasteiger partial charge in [0.2, 0.25) is 0 Å². The molecule has 0 aromatic carbocycles. The average molecular weight is 252 g/mol. The first-order chi connectivity index (χ1) is 8.35. The molecule has 1 unspecified atom stereocenters. The summed E-state index contributed by atoms with van der Waals surface area (Å²) in [5, 5.41) is 3.51. The van der Waals surface area contributed by atoms with Crippen LogP contribution in [0.2, 0.25) is 0 Å². The third-order valence-corrected chi connectivity index (χ3v) is 3.58. The Kier molecular flexibility index (Phi) is 5.42. The van der Waals surface area contributed by atoms with Gasteiger partial charge >= 0.3 is 0 Å². The van der Waals surface area contributed by atoms with E-state index in [0.717, 1.165) is 31.2 Å². The molecule has 0 saturated carbocycles. The minimum Gasteiger partial charge on any atom is -0.465 e. The highest BCUT2D eigenvalue weighted by Gasteiger charge is 2.26. The molecule has 1 aromatic heterocycles. The minimum atomic E-state index is 0.242. The standard InChI is InChI=1S/C15H28N2O/c1-7-16-13(3)15(4,5)11-17(6)10-14-9-8-12(2)18-14/h8-9,13,16H,7,10-11H2,1-6H3. The topological polar surface area (TPSA) is 28.4 Å². The number of aryl methyl sites for hydroxylation is 1. The maximum atomic E-state index is 5.62. The molecule has 0 fully saturated rings. The number of hydrogen-bond donors (Lipinski definition) is 1.